The first-order valence-corrected chi connectivity index (χ1v) is 11.8. The number of benzene rings is 3. The lowest BCUT2D eigenvalue weighted by molar-refractivity contribution is -0.122. The van der Waals surface area contributed by atoms with E-state index >= 15 is 0 Å². The fraction of sp³-hybridized carbons (Fsp3) is 0.222. The van der Waals surface area contributed by atoms with E-state index in [0.29, 0.717) is 35.8 Å². The first-order chi connectivity index (χ1) is 17.4. The number of para-hydroxylation sites is 1. The summed E-state index contributed by atoms with van der Waals surface area (Å²) >= 11 is 5.67. The van der Waals surface area contributed by atoms with Gasteiger partial charge in [-0.15, -0.1) is 0 Å². The van der Waals surface area contributed by atoms with Crippen LogP contribution in [0, 0.1) is 5.82 Å². The zero-order chi connectivity index (χ0) is 25.7. The Kier molecular flexibility index (Phi) is 7.80. The summed E-state index contributed by atoms with van der Waals surface area (Å²) in [7, 11) is 3.14. The summed E-state index contributed by atoms with van der Waals surface area (Å²) in [5.74, 6) is 0.197. The van der Waals surface area contributed by atoms with Gasteiger partial charge in [0.25, 0.3) is 5.91 Å². The molecule has 1 atom stereocenters. The number of nitrogens with zero attached hydrogens (tertiary/aromatic N) is 2. The molecule has 2 amide bonds. The van der Waals surface area contributed by atoms with Crippen molar-refractivity contribution in [1.82, 2.24) is 4.90 Å². The van der Waals surface area contributed by atoms with Crippen LogP contribution in [0.4, 0.5) is 15.8 Å². The van der Waals surface area contributed by atoms with Crippen LogP contribution in [0.25, 0.3) is 0 Å². The molecule has 1 aliphatic heterocycles. The number of ether oxygens (including phenoxy) is 2. The van der Waals surface area contributed by atoms with Crippen LogP contribution < -0.4 is 19.7 Å². The Morgan fingerprint density at radius 2 is 1.72 bits per heavy atom. The molecule has 0 unspecified atom stereocenters. The predicted octanol–water partition coefficient (Wildman–Crippen LogP) is 4.42. The number of imide groups is 1. The number of amides is 2. The van der Waals surface area contributed by atoms with Crippen molar-refractivity contribution >= 4 is 40.5 Å². The van der Waals surface area contributed by atoms with Gasteiger partial charge in [-0.25, -0.2) is 9.29 Å². The average molecular weight is 508 g/mol. The fourth-order valence-electron chi connectivity index (χ4n) is 4.12. The van der Waals surface area contributed by atoms with Gasteiger partial charge < -0.3 is 19.7 Å². The van der Waals surface area contributed by atoms with Gasteiger partial charge in [-0.3, -0.25) is 9.59 Å². The van der Waals surface area contributed by atoms with E-state index < -0.39 is 6.04 Å². The molecule has 186 valence electrons. The minimum absolute atomic E-state index is 0.00903. The van der Waals surface area contributed by atoms with Gasteiger partial charge >= 0.3 is 0 Å². The predicted molar refractivity (Wildman–Crippen MR) is 140 cm³/mol. The van der Waals surface area contributed by atoms with E-state index in [1.165, 1.54) is 17.0 Å². The molecule has 1 aliphatic rings. The van der Waals surface area contributed by atoms with Crippen molar-refractivity contribution in [2.75, 3.05) is 31.0 Å². The third-order valence-corrected chi connectivity index (χ3v) is 6.30. The van der Waals surface area contributed by atoms with Crippen LogP contribution in [0.2, 0.25) is 0 Å². The van der Waals surface area contributed by atoms with Crippen LogP contribution >= 0.6 is 12.2 Å². The molecular formula is C27H26FN3O4S. The SMILES string of the molecule is COc1ccc(CCN(C(=S)Nc2ccc(F)cc2)[C@@H]2CC(=O)N(c3ccccc3)C2=O)cc1OC. The number of thiocarbonyl (C=S) groups is 1. The zero-order valence-electron chi connectivity index (χ0n) is 19.9. The molecule has 1 fully saturated rings. The van der Waals surface area contributed by atoms with E-state index in [0.717, 1.165) is 5.56 Å². The first-order valence-electron chi connectivity index (χ1n) is 11.4. The standard InChI is InChI=1S/C27H26FN3O4S/c1-34-23-13-8-18(16-24(23)35-2)14-15-30(27(36)29-20-11-9-19(28)10-12-20)22-17-25(32)31(26(22)33)21-6-4-3-5-7-21/h3-13,16,22H,14-15,17H2,1-2H3,(H,29,36)/t22-/m1/s1. The highest BCUT2D eigenvalue weighted by atomic mass is 32.1. The lowest BCUT2D eigenvalue weighted by atomic mass is 10.1. The third-order valence-electron chi connectivity index (χ3n) is 5.96. The van der Waals surface area contributed by atoms with Crippen LogP contribution in [-0.2, 0) is 16.0 Å². The Labute approximate surface area is 214 Å². The monoisotopic (exact) mass is 507 g/mol. The summed E-state index contributed by atoms with van der Waals surface area (Å²) in [6.07, 6.45) is 0.514. The Morgan fingerprint density at radius 1 is 1.03 bits per heavy atom. The molecule has 0 aromatic heterocycles. The molecule has 3 aromatic rings. The summed E-state index contributed by atoms with van der Waals surface area (Å²) in [4.78, 5) is 29.3. The van der Waals surface area contributed by atoms with Gasteiger partial charge in [0.1, 0.15) is 11.9 Å². The van der Waals surface area contributed by atoms with E-state index in [1.54, 1.807) is 55.5 Å². The number of hydrogen-bond donors (Lipinski definition) is 1. The summed E-state index contributed by atoms with van der Waals surface area (Å²) in [6.45, 7) is 0.356. The van der Waals surface area contributed by atoms with Gasteiger partial charge in [0.15, 0.2) is 16.6 Å². The number of anilines is 2. The molecule has 9 heteroatoms. The van der Waals surface area contributed by atoms with E-state index in [1.807, 2.05) is 24.3 Å². The second-order valence-corrected chi connectivity index (χ2v) is 8.58. The molecule has 0 radical (unpaired) electrons. The molecule has 0 bridgehead atoms. The normalized spacial score (nSPS) is 15.1. The van der Waals surface area contributed by atoms with Crippen LogP contribution in [-0.4, -0.2) is 48.6 Å². The number of halogens is 1. The van der Waals surface area contributed by atoms with E-state index in [4.69, 9.17) is 21.7 Å². The lowest BCUT2D eigenvalue weighted by Gasteiger charge is -2.30. The van der Waals surface area contributed by atoms with Crippen molar-refractivity contribution in [3.05, 3.63) is 84.2 Å². The quantitative estimate of drug-likeness (QED) is 0.358. The summed E-state index contributed by atoms with van der Waals surface area (Å²) < 4.78 is 24.1. The Balaban J connectivity index is 1.59. The van der Waals surface area contributed by atoms with E-state index in [-0.39, 0.29) is 29.2 Å². The van der Waals surface area contributed by atoms with Crippen LogP contribution in [0.1, 0.15) is 12.0 Å². The van der Waals surface area contributed by atoms with Gasteiger partial charge in [0, 0.05) is 12.2 Å². The molecule has 1 heterocycles. The van der Waals surface area contributed by atoms with Gasteiger partial charge in [0.2, 0.25) is 5.91 Å². The first kappa shape index (κ1) is 25.1. The Hall–Kier alpha value is -3.98. The van der Waals surface area contributed by atoms with E-state index in [9.17, 15) is 14.0 Å². The number of nitrogens with one attached hydrogen (secondary N) is 1. The second kappa shape index (κ2) is 11.2. The highest BCUT2D eigenvalue weighted by Gasteiger charge is 2.43. The molecule has 1 N–H and O–H groups in total. The van der Waals surface area contributed by atoms with E-state index in [2.05, 4.69) is 5.32 Å². The van der Waals surface area contributed by atoms with Crippen molar-refractivity contribution in [3.63, 3.8) is 0 Å². The molecule has 3 aromatic carbocycles. The minimum atomic E-state index is -0.779. The third kappa shape index (κ3) is 5.46. The second-order valence-electron chi connectivity index (χ2n) is 8.19. The maximum Gasteiger partial charge on any atom is 0.257 e. The maximum atomic E-state index is 13.4. The number of rotatable bonds is 8. The van der Waals surface area contributed by atoms with Gasteiger partial charge in [-0.05, 0) is 72.7 Å². The Bertz CT molecular complexity index is 1250. The molecular weight excluding hydrogens is 481 g/mol. The van der Waals surface area contributed by atoms with Crippen LogP contribution in [0.3, 0.4) is 0 Å². The van der Waals surface area contributed by atoms with Gasteiger partial charge in [0.05, 0.1) is 26.3 Å². The van der Waals surface area contributed by atoms with Crippen LogP contribution in [0.15, 0.2) is 72.8 Å². The van der Waals surface area contributed by atoms with Crippen LogP contribution in [0.5, 0.6) is 11.5 Å². The molecule has 0 spiro atoms. The average Bonchev–Trinajstić information content (AvgIpc) is 3.19. The molecule has 0 aliphatic carbocycles. The molecule has 4 rings (SSSR count). The minimum Gasteiger partial charge on any atom is -0.493 e. The van der Waals surface area contributed by atoms with Crippen molar-refractivity contribution in [2.45, 2.75) is 18.9 Å². The van der Waals surface area contributed by atoms with Gasteiger partial charge in [-0.2, -0.15) is 0 Å². The topological polar surface area (TPSA) is 71.1 Å². The summed E-state index contributed by atoms with van der Waals surface area (Å²) in [6, 6.07) is 19.4. The van der Waals surface area contributed by atoms with Gasteiger partial charge in [-0.1, -0.05) is 24.3 Å². The molecule has 7 nitrogen and oxygen atoms in total. The maximum absolute atomic E-state index is 13.4. The summed E-state index contributed by atoms with van der Waals surface area (Å²) in [5.41, 5.74) is 2.04. The lowest BCUT2D eigenvalue weighted by Crippen LogP contribution is -2.48. The molecule has 36 heavy (non-hydrogen) atoms. The number of hydrogen-bond acceptors (Lipinski definition) is 5. The van der Waals surface area contributed by atoms with Crippen molar-refractivity contribution in [1.29, 1.82) is 0 Å². The smallest absolute Gasteiger partial charge is 0.257 e. The fourth-order valence-corrected chi connectivity index (χ4v) is 4.46. The summed E-state index contributed by atoms with van der Waals surface area (Å²) in [5, 5.41) is 3.34. The highest BCUT2D eigenvalue weighted by molar-refractivity contribution is 7.80. The number of carbonyl (C=O) groups is 2. The number of carbonyl (C=O) groups excluding carboxylic acids is 2. The van der Waals surface area contributed by atoms with Crippen molar-refractivity contribution < 1.29 is 23.5 Å². The zero-order valence-corrected chi connectivity index (χ0v) is 20.8. The highest BCUT2D eigenvalue weighted by Crippen LogP contribution is 2.29. The largest absolute Gasteiger partial charge is 0.493 e. The van der Waals surface area contributed by atoms with Crippen molar-refractivity contribution in [2.24, 2.45) is 0 Å². The molecule has 1 saturated heterocycles. The number of methoxy groups -OCH3 is 2. The van der Waals surface area contributed by atoms with Crippen molar-refractivity contribution in [3.8, 4) is 11.5 Å². The molecule has 0 saturated carbocycles. The Morgan fingerprint density at radius 3 is 2.39 bits per heavy atom.